The fraction of sp³-hybridized carbons (Fsp3) is 0.520. The van der Waals surface area contributed by atoms with Crippen molar-refractivity contribution in [3.8, 4) is 0 Å². The number of piperidine rings is 1. The van der Waals surface area contributed by atoms with Crippen molar-refractivity contribution in [2.45, 2.75) is 45.2 Å². The molecule has 0 aromatic heterocycles. The maximum atomic E-state index is 2.75. The standard InChI is InChI=1S/C25H35N3.ClH/c1-3-22-9-11-24(12-10-22)27-17-19-28(20-18-27)25-13-15-26(16-14-25)21(2)23-7-5-4-6-8-23;/h4-12,21,25H,3,13-20H2,1-2H3;1H. The van der Waals surface area contributed by atoms with Gasteiger partial charge in [0.15, 0.2) is 0 Å². The van der Waals surface area contributed by atoms with Gasteiger partial charge in [0.05, 0.1) is 0 Å². The van der Waals surface area contributed by atoms with Crippen LogP contribution in [0.25, 0.3) is 0 Å². The average molecular weight is 414 g/mol. The molecule has 158 valence electrons. The monoisotopic (exact) mass is 413 g/mol. The lowest BCUT2D eigenvalue weighted by Gasteiger charge is -2.44. The van der Waals surface area contributed by atoms with E-state index < -0.39 is 0 Å². The van der Waals surface area contributed by atoms with Gasteiger partial charge in [0.2, 0.25) is 0 Å². The van der Waals surface area contributed by atoms with Gasteiger partial charge in [-0.3, -0.25) is 9.80 Å². The molecule has 0 saturated carbocycles. The molecule has 2 aliphatic heterocycles. The van der Waals surface area contributed by atoms with E-state index in [1.165, 1.54) is 55.8 Å². The Labute approximate surface area is 183 Å². The highest BCUT2D eigenvalue weighted by Crippen LogP contribution is 2.27. The molecule has 0 aliphatic carbocycles. The van der Waals surface area contributed by atoms with Crippen LogP contribution in [0.3, 0.4) is 0 Å². The first-order chi connectivity index (χ1) is 13.7. The average Bonchev–Trinajstić information content (AvgIpc) is 2.79. The molecule has 2 aromatic rings. The number of aryl methyl sites for hydroxylation is 1. The lowest BCUT2D eigenvalue weighted by atomic mass is 9.98. The summed E-state index contributed by atoms with van der Waals surface area (Å²) in [5.74, 6) is 0. The highest BCUT2D eigenvalue weighted by atomic mass is 35.5. The van der Waals surface area contributed by atoms with Crippen molar-refractivity contribution in [3.63, 3.8) is 0 Å². The van der Waals surface area contributed by atoms with Crippen LogP contribution in [0.5, 0.6) is 0 Å². The summed E-state index contributed by atoms with van der Waals surface area (Å²) in [4.78, 5) is 7.97. The smallest absolute Gasteiger partial charge is 0.0367 e. The SMILES string of the molecule is CCc1ccc(N2CCN(C3CCN(C(C)c4ccccc4)CC3)CC2)cc1.Cl. The van der Waals surface area contributed by atoms with Crippen molar-refractivity contribution in [1.82, 2.24) is 9.80 Å². The maximum absolute atomic E-state index is 2.75. The molecule has 0 bridgehead atoms. The number of rotatable bonds is 5. The van der Waals surface area contributed by atoms with Gasteiger partial charge in [-0.05, 0) is 49.4 Å². The second kappa shape index (κ2) is 10.5. The summed E-state index contributed by atoms with van der Waals surface area (Å²) in [6, 6.07) is 21.4. The summed E-state index contributed by atoms with van der Waals surface area (Å²) in [6.07, 6.45) is 3.74. The first kappa shape index (κ1) is 22.1. The number of nitrogens with zero attached hydrogens (tertiary/aromatic N) is 3. The van der Waals surface area contributed by atoms with Crippen LogP contribution >= 0.6 is 12.4 Å². The van der Waals surface area contributed by atoms with Gasteiger partial charge in [0, 0.05) is 57.0 Å². The van der Waals surface area contributed by atoms with Crippen LogP contribution in [-0.2, 0) is 6.42 Å². The quantitative estimate of drug-likeness (QED) is 0.681. The number of halogens is 1. The first-order valence-electron chi connectivity index (χ1n) is 11.1. The van der Waals surface area contributed by atoms with Crippen LogP contribution in [0.1, 0.15) is 43.9 Å². The minimum absolute atomic E-state index is 0. The Kier molecular flexibility index (Phi) is 7.99. The number of hydrogen-bond acceptors (Lipinski definition) is 3. The summed E-state index contributed by atoms with van der Waals surface area (Å²) in [5.41, 5.74) is 4.27. The highest BCUT2D eigenvalue weighted by Gasteiger charge is 2.29. The Morgan fingerprint density at radius 3 is 2.03 bits per heavy atom. The molecule has 2 saturated heterocycles. The molecule has 0 amide bonds. The Balaban J connectivity index is 0.00000240. The third kappa shape index (κ3) is 5.33. The highest BCUT2D eigenvalue weighted by molar-refractivity contribution is 5.85. The number of likely N-dealkylation sites (tertiary alicyclic amines) is 1. The molecule has 1 unspecified atom stereocenters. The molecule has 3 nitrogen and oxygen atoms in total. The van der Waals surface area contributed by atoms with Crippen LogP contribution in [0.15, 0.2) is 54.6 Å². The lowest BCUT2D eigenvalue weighted by Crippen LogP contribution is -2.53. The van der Waals surface area contributed by atoms with E-state index in [0.29, 0.717) is 6.04 Å². The molecule has 2 aromatic carbocycles. The normalized spacial score (nSPS) is 20.3. The van der Waals surface area contributed by atoms with Crippen molar-refractivity contribution in [3.05, 3.63) is 65.7 Å². The largest absolute Gasteiger partial charge is 0.369 e. The van der Waals surface area contributed by atoms with E-state index in [9.17, 15) is 0 Å². The second-order valence-corrected chi connectivity index (χ2v) is 8.40. The van der Waals surface area contributed by atoms with E-state index >= 15 is 0 Å². The van der Waals surface area contributed by atoms with Crippen LogP contribution in [0, 0.1) is 0 Å². The zero-order valence-corrected chi connectivity index (χ0v) is 18.8. The first-order valence-corrected chi connectivity index (χ1v) is 11.1. The number of piperazine rings is 1. The number of anilines is 1. The van der Waals surface area contributed by atoms with Crippen LogP contribution < -0.4 is 4.90 Å². The van der Waals surface area contributed by atoms with E-state index in [1.807, 2.05) is 0 Å². The van der Waals surface area contributed by atoms with Gasteiger partial charge in [0.1, 0.15) is 0 Å². The van der Waals surface area contributed by atoms with Gasteiger partial charge in [-0.15, -0.1) is 12.4 Å². The van der Waals surface area contributed by atoms with Crippen molar-refractivity contribution < 1.29 is 0 Å². The van der Waals surface area contributed by atoms with Crippen LogP contribution in [0.2, 0.25) is 0 Å². The van der Waals surface area contributed by atoms with Crippen molar-refractivity contribution in [2.75, 3.05) is 44.2 Å². The molecule has 29 heavy (non-hydrogen) atoms. The number of benzene rings is 2. The number of hydrogen-bond donors (Lipinski definition) is 0. The lowest BCUT2D eigenvalue weighted by molar-refractivity contribution is 0.0840. The third-order valence-electron chi connectivity index (χ3n) is 6.87. The van der Waals surface area contributed by atoms with E-state index in [-0.39, 0.29) is 12.4 Å². The molecule has 0 spiro atoms. The summed E-state index contributed by atoms with van der Waals surface area (Å²) >= 11 is 0. The summed E-state index contributed by atoms with van der Waals surface area (Å²) in [6.45, 7) is 11.7. The van der Waals surface area contributed by atoms with Gasteiger partial charge in [-0.2, -0.15) is 0 Å². The zero-order chi connectivity index (χ0) is 19.3. The van der Waals surface area contributed by atoms with E-state index in [1.54, 1.807) is 0 Å². The summed E-state index contributed by atoms with van der Waals surface area (Å²) in [5, 5.41) is 0. The molecule has 4 heteroatoms. The van der Waals surface area contributed by atoms with Crippen molar-refractivity contribution >= 4 is 18.1 Å². The summed E-state index contributed by atoms with van der Waals surface area (Å²) in [7, 11) is 0. The summed E-state index contributed by atoms with van der Waals surface area (Å²) < 4.78 is 0. The van der Waals surface area contributed by atoms with Gasteiger partial charge in [-0.25, -0.2) is 0 Å². The topological polar surface area (TPSA) is 9.72 Å². The Bertz CT molecular complexity index is 717. The Hall–Kier alpha value is -1.55. The molecular weight excluding hydrogens is 378 g/mol. The van der Waals surface area contributed by atoms with E-state index in [2.05, 4.69) is 83.1 Å². The minimum Gasteiger partial charge on any atom is -0.369 e. The van der Waals surface area contributed by atoms with Gasteiger partial charge in [-0.1, -0.05) is 49.4 Å². The molecule has 0 N–H and O–H groups in total. The van der Waals surface area contributed by atoms with Gasteiger partial charge in [0.25, 0.3) is 0 Å². The van der Waals surface area contributed by atoms with Crippen LogP contribution in [0.4, 0.5) is 5.69 Å². The molecule has 2 aliphatic rings. The predicted molar refractivity (Wildman–Crippen MR) is 126 cm³/mol. The van der Waals surface area contributed by atoms with E-state index in [4.69, 9.17) is 0 Å². The molecule has 0 radical (unpaired) electrons. The molecule has 1 atom stereocenters. The maximum Gasteiger partial charge on any atom is 0.0367 e. The molecule has 2 fully saturated rings. The van der Waals surface area contributed by atoms with E-state index in [0.717, 1.165) is 25.6 Å². The Morgan fingerprint density at radius 1 is 0.828 bits per heavy atom. The minimum atomic E-state index is 0. The molecular formula is C25H36ClN3. The fourth-order valence-corrected chi connectivity index (χ4v) is 4.87. The Morgan fingerprint density at radius 2 is 1.45 bits per heavy atom. The second-order valence-electron chi connectivity index (χ2n) is 8.40. The van der Waals surface area contributed by atoms with Crippen molar-refractivity contribution in [1.29, 1.82) is 0 Å². The third-order valence-corrected chi connectivity index (χ3v) is 6.87. The van der Waals surface area contributed by atoms with Crippen molar-refractivity contribution in [2.24, 2.45) is 0 Å². The fourth-order valence-electron chi connectivity index (χ4n) is 4.87. The van der Waals surface area contributed by atoms with Gasteiger partial charge < -0.3 is 4.90 Å². The molecule has 2 heterocycles. The zero-order valence-electron chi connectivity index (χ0n) is 18.0. The molecule has 4 rings (SSSR count). The predicted octanol–water partition coefficient (Wildman–Crippen LogP) is 5.02. The van der Waals surface area contributed by atoms with Gasteiger partial charge >= 0.3 is 0 Å². The van der Waals surface area contributed by atoms with Crippen LogP contribution in [-0.4, -0.2) is 55.1 Å².